The Kier molecular flexibility index (Phi) is 5.67. The molecule has 4 aromatic heterocycles. The molecule has 5 aromatic carbocycles. The molecular weight excluding hydrogens is 559 g/mol. The number of benzene rings is 5. The molecule has 0 aliphatic carbocycles. The molecular formula is C38H25N5S. The average Bonchev–Trinajstić information content (AvgIpc) is 3.81. The van der Waals surface area contributed by atoms with Crippen LogP contribution in [0.1, 0.15) is 0 Å². The molecule has 5 nitrogen and oxygen atoms in total. The van der Waals surface area contributed by atoms with Crippen molar-refractivity contribution in [2.45, 2.75) is 9.79 Å². The fourth-order valence-electron chi connectivity index (χ4n) is 6.43. The Labute approximate surface area is 257 Å². The quantitative estimate of drug-likeness (QED) is 0.203. The lowest BCUT2D eigenvalue weighted by atomic mass is 10.1. The van der Waals surface area contributed by atoms with Crippen LogP contribution < -0.4 is 0 Å². The summed E-state index contributed by atoms with van der Waals surface area (Å²) in [7, 11) is 0. The molecule has 0 fully saturated rings. The van der Waals surface area contributed by atoms with Crippen molar-refractivity contribution in [3.8, 4) is 17.2 Å². The molecule has 0 spiro atoms. The van der Waals surface area contributed by atoms with Crippen molar-refractivity contribution in [3.63, 3.8) is 0 Å². The Hall–Kier alpha value is -5.59. The maximum Gasteiger partial charge on any atom is 0.137 e. The molecule has 0 saturated carbocycles. The van der Waals surface area contributed by atoms with Gasteiger partial charge in [0.2, 0.25) is 0 Å². The minimum atomic E-state index is 0.902. The van der Waals surface area contributed by atoms with E-state index in [9.17, 15) is 0 Å². The molecule has 0 radical (unpaired) electrons. The summed E-state index contributed by atoms with van der Waals surface area (Å²) in [6.07, 6.45) is 5.65. The third-order valence-corrected chi connectivity index (χ3v) is 9.23. The first kappa shape index (κ1) is 25.0. The molecule has 0 bridgehead atoms. The van der Waals surface area contributed by atoms with E-state index < -0.39 is 0 Å². The molecule has 0 amide bonds. The van der Waals surface area contributed by atoms with E-state index >= 15 is 0 Å². The van der Waals surface area contributed by atoms with Crippen LogP contribution >= 0.6 is 11.8 Å². The van der Waals surface area contributed by atoms with E-state index in [1.54, 1.807) is 18.0 Å². The number of pyridine rings is 1. The van der Waals surface area contributed by atoms with Gasteiger partial charge in [0.05, 0.1) is 27.8 Å². The number of nitrogens with zero attached hydrogens (tertiary/aromatic N) is 5. The lowest BCUT2D eigenvalue weighted by Crippen LogP contribution is -1.97. The Bertz CT molecular complexity index is 2460. The molecule has 9 rings (SSSR count). The Morgan fingerprint density at radius 3 is 2.18 bits per heavy atom. The second-order valence-corrected chi connectivity index (χ2v) is 11.9. The topological polar surface area (TPSA) is 40.6 Å². The van der Waals surface area contributed by atoms with Gasteiger partial charge in [-0.15, -0.1) is 0 Å². The van der Waals surface area contributed by atoms with E-state index in [1.165, 1.54) is 38.1 Å². The van der Waals surface area contributed by atoms with Gasteiger partial charge >= 0.3 is 0 Å². The highest BCUT2D eigenvalue weighted by atomic mass is 32.2. The molecule has 0 atom stereocenters. The molecule has 0 unspecified atom stereocenters. The van der Waals surface area contributed by atoms with Gasteiger partial charge in [0.15, 0.2) is 0 Å². The summed E-state index contributed by atoms with van der Waals surface area (Å²) in [6, 6.07) is 47.3. The molecule has 0 aliphatic rings. The van der Waals surface area contributed by atoms with Gasteiger partial charge in [0, 0.05) is 55.6 Å². The number of rotatable bonds is 5. The van der Waals surface area contributed by atoms with Crippen LogP contribution in [0.2, 0.25) is 0 Å². The van der Waals surface area contributed by atoms with Crippen molar-refractivity contribution in [2.24, 2.45) is 0 Å². The predicted octanol–water partition coefficient (Wildman–Crippen LogP) is 9.61. The van der Waals surface area contributed by atoms with E-state index in [0.29, 0.717) is 0 Å². The van der Waals surface area contributed by atoms with Crippen LogP contribution in [0.4, 0.5) is 0 Å². The van der Waals surface area contributed by atoms with Gasteiger partial charge < -0.3 is 4.57 Å². The van der Waals surface area contributed by atoms with Crippen molar-refractivity contribution >= 4 is 55.4 Å². The second kappa shape index (κ2) is 10.0. The summed E-state index contributed by atoms with van der Waals surface area (Å²) in [6.45, 7) is 0. The summed E-state index contributed by atoms with van der Waals surface area (Å²) in [4.78, 5) is 7.19. The van der Waals surface area contributed by atoms with E-state index in [2.05, 4.69) is 136 Å². The first-order chi connectivity index (χ1) is 21.8. The standard InChI is InChI=1S/C38H25N5S/c1-2-10-26(11-3-1)42-33-15-5-4-14-32(33)37-34(42)20-19-31-30-18-17-29(25-35(30)43(38(31)37)36-16-6-7-21-39-36)44-28-13-8-12-27(24-28)41-23-9-22-40-41/h1-25H. The number of hydrogen-bond acceptors (Lipinski definition) is 3. The van der Waals surface area contributed by atoms with Crippen LogP contribution in [0.15, 0.2) is 162 Å². The van der Waals surface area contributed by atoms with E-state index in [0.717, 1.165) is 32.5 Å². The first-order valence-electron chi connectivity index (χ1n) is 14.6. The minimum Gasteiger partial charge on any atom is -0.309 e. The molecule has 0 N–H and O–H groups in total. The van der Waals surface area contributed by atoms with Crippen LogP contribution in [0.5, 0.6) is 0 Å². The lowest BCUT2D eigenvalue weighted by molar-refractivity contribution is 0.877. The first-order valence-corrected chi connectivity index (χ1v) is 15.4. The summed E-state index contributed by atoms with van der Waals surface area (Å²) in [5.74, 6) is 0.902. The third kappa shape index (κ3) is 3.88. The Morgan fingerprint density at radius 2 is 1.32 bits per heavy atom. The molecule has 4 heterocycles. The molecule has 0 aliphatic heterocycles. The summed E-state index contributed by atoms with van der Waals surface area (Å²) in [5, 5.41) is 9.28. The average molecular weight is 584 g/mol. The fraction of sp³-hybridized carbons (Fsp3) is 0. The second-order valence-electron chi connectivity index (χ2n) is 10.8. The summed E-state index contributed by atoms with van der Waals surface area (Å²) < 4.78 is 6.61. The van der Waals surface area contributed by atoms with Gasteiger partial charge in [-0.25, -0.2) is 9.67 Å². The van der Waals surface area contributed by atoms with Gasteiger partial charge in [-0.1, -0.05) is 72.4 Å². The van der Waals surface area contributed by atoms with Crippen LogP contribution in [0.3, 0.4) is 0 Å². The normalized spacial score (nSPS) is 11.7. The molecule has 9 aromatic rings. The molecule has 0 saturated heterocycles. The van der Waals surface area contributed by atoms with Gasteiger partial charge in [-0.3, -0.25) is 4.57 Å². The molecule has 44 heavy (non-hydrogen) atoms. The lowest BCUT2D eigenvalue weighted by Gasteiger charge is -2.10. The van der Waals surface area contributed by atoms with Crippen molar-refractivity contribution in [2.75, 3.05) is 0 Å². The van der Waals surface area contributed by atoms with Crippen molar-refractivity contribution in [1.82, 2.24) is 23.9 Å². The van der Waals surface area contributed by atoms with Crippen molar-refractivity contribution < 1.29 is 0 Å². The maximum absolute atomic E-state index is 4.87. The molecule has 6 heteroatoms. The monoisotopic (exact) mass is 583 g/mol. The van der Waals surface area contributed by atoms with Crippen LogP contribution in [-0.2, 0) is 0 Å². The van der Waals surface area contributed by atoms with Crippen LogP contribution in [-0.4, -0.2) is 23.9 Å². The van der Waals surface area contributed by atoms with Crippen LogP contribution in [0, 0.1) is 0 Å². The van der Waals surface area contributed by atoms with Crippen molar-refractivity contribution in [1.29, 1.82) is 0 Å². The Morgan fingerprint density at radius 1 is 0.500 bits per heavy atom. The van der Waals surface area contributed by atoms with E-state index in [-0.39, 0.29) is 0 Å². The zero-order chi connectivity index (χ0) is 29.0. The van der Waals surface area contributed by atoms with Gasteiger partial charge in [0.25, 0.3) is 0 Å². The zero-order valence-electron chi connectivity index (χ0n) is 23.6. The fourth-order valence-corrected chi connectivity index (χ4v) is 7.33. The zero-order valence-corrected chi connectivity index (χ0v) is 24.4. The highest BCUT2D eigenvalue weighted by Crippen LogP contribution is 2.43. The smallest absolute Gasteiger partial charge is 0.137 e. The summed E-state index contributed by atoms with van der Waals surface area (Å²) >= 11 is 1.76. The largest absolute Gasteiger partial charge is 0.309 e. The van der Waals surface area contributed by atoms with Gasteiger partial charge in [-0.2, -0.15) is 5.10 Å². The van der Waals surface area contributed by atoms with Gasteiger partial charge in [0.1, 0.15) is 5.82 Å². The highest BCUT2D eigenvalue weighted by molar-refractivity contribution is 7.99. The number of aromatic nitrogens is 5. The SMILES string of the molecule is c1ccc(-n2c3ccccc3c3c2ccc2c4ccc(Sc5cccc(-n6cccn6)c5)cc4n(-c4ccccn4)c23)cc1. The van der Waals surface area contributed by atoms with Crippen LogP contribution in [0.25, 0.3) is 60.8 Å². The minimum absolute atomic E-state index is 0.902. The predicted molar refractivity (Wildman–Crippen MR) is 181 cm³/mol. The third-order valence-electron chi connectivity index (χ3n) is 8.25. The molecule has 208 valence electrons. The van der Waals surface area contributed by atoms with Crippen molar-refractivity contribution in [3.05, 3.63) is 152 Å². The number of fused-ring (bicyclic) bond motifs is 7. The maximum atomic E-state index is 4.87. The highest BCUT2D eigenvalue weighted by Gasteiger charge is 2.21. The van der Waals surface area contributed by atoms with E-state index in [4.69, 9.17) is 4.98 Å². The van der Waals surface area contributed by atoms with E-state index in [1.807, 2.05) is 29.2 Å². The number of hydrogen-bond donors (Lipinski definition) is 0. The number of para-hydroxylation sites is 2. The summed E-state index contributed by atoms with van der Waals surface area (Å²) in [5.41, 5.74) is 6.86. The van der Waals surface area contributed by atoms with Gasteiger partial charge in [-0.05, 0) is 72.8 Å². The Balaban J connectivity index is 1.32.